The fourth-order valence-electron chi connectivity index (χ4n) is 4.59. The van der Waals surface area contributed by atoms with Gasteiger partial charge in [0, 0.05) is 37.2 Å². The van der Waals surface area contributed by atoms with Crippen molar-refractivity contribution in [3.63, 3.8) is 0 Å². The number of hydrogen-bond acceptors (Lipinski definition) is 5. The second-order valence-electron chi connectivity index (χ2n) is 7.91. The first-order valence-electron chi connectivity index (χ1n) is 9.91. The standard InChI is InChI=1S/C13H20N2O3S.C6H12/c1-14-4-6-15(7-5-14)12(16)10-8-2-3-9(18-8)11(10)13(17)19;1-2-4-6-5-3-1/h8-11H,2-7H2,1H3,(H,17,19);1-6H2/p-1/t8-,9+,10?,11?;/m0./s1. The first kappa shape index (κ1) is 19.1. The van der Waals surface area contributed by atoms with Crippen molar-refractivity contribution in [1.29, 1.82) is 0 Å². The highest BCUT2D eigenvalue weighted by molar-refractivity contribution is 7.77. The van der Waals surface area contributed by atoms with Gasteiger partial charge in [0.15, 0.2) is 0 Å². The number of carbonyl (C=O) groups is 2. The highest BCUT2D eigenvalue weighted by atomic mass is 32.1. The van der Waals surface area contributed by atoms with E-state index in [1.54, 1.807) is 0 Å². The Balaban J connectivity index is 0.000000258. The van der Waals surface area contributed by atoms with E-state index in [0.717, 1.165) is 39.0 Å². The van der Waals surface area contributed by atoms with Crippen LogP contribution in [0.1, 0.15) is 51.4 Å². The minimum Gasteiger partial charge on any atom is -0.742 e. The lowest BCUT2D eigenvalue weighted by molar-refractivity contribution is -0.141. The minimum absolute atomic E-state index is 0.0727. The van der Waals surface area contributed by atoms with Crippen molar-refractivity contribution in [1.82, 2.24) is 9.80 Å². The molecule has 0 N–H and O–H groups in total. The summed E-state index contributed by atoms with van der Waals surface area (Å²) in [6.45, 7) is 3.25. The van der Waals surface area contributed by atoms with E-state index in [4.69, 9.17) is 17.4 Å². The third kappa shape index (κ3) is 4.52. The number of hydrogen-bond donors (Lipinski definition) is 0. The average molecular weight is 368 g/mol. The van der Waals surface area contributed by atoms with Crippen molar-refractivity contribution < 1.29 is 14.3 Å². The molecule has 3 saturated heterocycles. The maximum Gasteiger partial charge on any atom is 0.229 e. The number of ether oxygens (including phenoxy) is 1. The van der Waals surface area contributed by atoms with Crippen molar-refractivity contribution in [2.24, 2.45) is 11.8 Å². The number of nitrogens with zero attached hydrogens (tertiary/aromatic N) is 2. The monoisotopic (exact) mass is 367 g/mol. The smallest absolute Gasteiger partial charge is 0.229 e. The molecule has 1 amide bonds. The van der Waals surface area contributed by atoms with E-state index in [-0.39, 0.29) is 35.1 Å². The molecule has 1 aliphatic carbocycles. The first-order chi connectivity index (χ1) is 12.1. The molecule has 4 fully saturated rings. The van der Waals surface area contributed by atoms with E-state index in [9.17, 15) is 9.59 Å². The number of piperazine rings is 1. The number of amides is 1. The van der Waals surface area contributed by atoms with Gasteiger partial charge in [0.1, 0.15) is 0 Å². The molecule has 1 saturated carbocycles. The molecule has 0 aromatic heterocycles. The molecular formula is C19H31N2O3S-. The van der Waals surface area contributed by atoms with Crippen LogP contribution in [0, 0.1) is 11.8 Å². The lowest BCUT2D eigenvalue weighted by atomic mass is 9.79. The van der Waals surface area contributed by atoms with E-state index in [1.165, 1.54) is 38.5 Å². The summed E-state index contributed by atoms with van der Waals surface area (Å²) in [4.78, 5) is 28.4. The van der Waals surface area contributed by atoms with Crippen LogP contribution < -0.4 is 0 Å². The van der Waals surface area contributed by atoms with E-state index < -0.39 is 0 Å². The molecule has 3 heterocycles. The van der Waals surface area contributed by atoms with Gasteiger partial charge in [-0.25, -0.2) is 0 Å². The highest BCUT2D eigenvalue weighted by Gasteiger charge is 2.53. The predicted octanol–water partition coefficient (Wildman–Crippen LogP) is 1.97. The largest absolute Gasteiger partial charge is 0.742 e. The van der Waals surface area contributed by atoms with Gasteiger partial charge in [-0.1, -0.05) is 38.5 Å². The van der Waals surface area contributed by atoms with Crippen LogP contribution in [0.5, 0.6) is 0 Å². The van der Waals surface area contributed by atoms with Gasteiger partial charge in [-0.3, -0.25) is 4.79 Å². The maximum absolute atomic E-state index is 12.6. The van der Waals surface area contributed by atoms with Gasteiger partial charge in [-0.15, -0.1) is 0 Å². The Morgan fingerprint density at radius 2 is 1.32 bits per heavy atom. The summed E-state index contributed by atoms with van der Waals surface area (Å²) in [6.07, 6.45) is 10.5. The Hall–Kier alpha value is -0.720. The van der Waals surface area contributed by atoms with E-state index in [0.29, 0.717) is 0 Å². The van der Waals surface area contributed by atoms with E-state index in [2.05, 4.69) is 11.9 Å². The number of carbonyl (C=O) groups excluding carboxylic acids is 2. The first-order valence-corrected chi connectivity index (χ1v) is 10.3. The third-order valence-corrected chi connectivity index (χ3v) is 6.42. The van der Waals surface area contributed by atoms with Gasteiger partial charge in [0.25, 0.3) is 0 Å². The minimum atomic E-state index is -0.388. The number of rotatable bonds is 2. The van der Waals surface area contributed by atoms with Crippen LogP contribution in [0.4, 0.5) is 0 Å². The van der Waals surface area contributed by atoms with Crippen molar-refractivity contribution in [3.8, 4) is 0 Å². The number of likely N-dealkylation sites (N-methyl/N-ethyl adjacent to an activating group) is 1. The quantitative estimate of drug-likeness (QED) is 0.699. The molecule has 3 aliphatic heterocycles. The Bertz CT molecular complexity index is 464. The van der Waals surface area contributed by atoms with Crippen molar-refractivity contribution in [3.05, 3.63) is 0 Å². The summed E-state index contributed by atoms with van der Waals surface area (Å²) in [5.41, 5.74) is 0. The summed E-state index contributed by atoms with van der Waals surface area (Å²) in [5, 5.41) is -0.306. The van der Waals surface area contributed by atoms with Gasteiger partial charge in [0.2, 0.25) is 5.91 Å². The summed E-state index contributed by atoms with van der Waals surface area (Å²) >= 11 is 4.82. The van der Waals surface area contributed by atoms with Gasteiger partial charge >= 0.3 is 0 Å². The molecule has 0 radical (unpaired) electrons. The number of fused-ring (bicyclic) bond motifs is 2. The molecule has 4 atom stereocenters. The molecule has 2 unspecified atom stereocenters. The molecular weight excluding hydrogens is 336 g/mol. The van der Waals surface area contributed by atoms with E-state index >= 15 is 0 Å². The van der Waals surface area contributed by atoms with Crippen LogP contribution >= 0.6 is 0 Å². The van der Waals surface area contributed by atoms with Crippen LogP contribution in [0.15, 0.2) is 0 Å². The van der Waals surface area contributed by atoms with Crippen LogP contribution in [0.25, 0.3) is 0 Å². The zero-order valence-corrected chi connectivity index (χ0v) is 16.1. The lowest BCUT2D eigenvalue weighted by Gasteiger charge is -2.37. The van der Waals surface area contributed by atoms with Crippen molar-refractivity contribution in [2.75, 3.05) is 33.2 Å². The zero-order chi connectivity index (χ0) is 17.8. The Kier molecular flexibility index (Phi) is 6.69. The van der Waals surface area contributed by atoms with Crippen LogP contribution in [-0.2, 0) is 27.0 Å². The molecule has 6 heteroatoms. The third-order valence-electron chi connectivity index (χ3n) is 6.15. The topological polar surface area (TPSA) is 49.9 Å². The van der Waals surface area contributed by atoms with Crippen molar-refractivity contribution >= 4 is 23.7 Å². The summed E-state index contributed by atoms with van der Waals surface area (Å²) in [6, 6.07) is 0. The molecule has 0 aromatic carbocycles. The van der Waals surface area contributed by atoms with E-state index in [1.807, 2.05) is 4.90 Å². The van der Waals surface area contributed by atoms with Gasteiger partial charge < -0.3 is 32.0 Å². The molecule has 142 valence electrons. The Morgan fingerprint density at radius 3 is 1.80 bits per heavy atom. The second kappa shape index (κ2) is 8.78. The van der Waals surface area contributed by atoms with Crippen LogP contribution in [0.3, 0.4) is 0 Å². The Morgan fingerprint density at radius 1 is 0.840 bits per heavy atom. The van der Waals surface area contributed by atoms with Gasteiger partial charge in [-0.05, 0) is 19.9 Å². The second-order valence-corrected chi connectivity index (χ2v) is 8.31. The summed E-state index contributed by atoms with van der Waals surface area (Å²) < 4.78 is 5.75. The molecule has 2 bridgehead atoms. The lowest BCUT2D eigenvalue weighted by Crippen LogP contribution is -2.52. The van der Waals surface area contributed by atoms with Crippen LogP contribution in [0.2, 0.25) is 0 Å². The molecule has 4 aliphatic rings. The SMILES string of the molecule is C1CCCCC1.CN1CCN(C(=O)C2C(C(=O)[S-])[C@H]3CC[C@@H]2O3)CC1. The normalized spacial score (nSPS) is 35.2. The fraction of sp³-hybridized carbons (Fsp3) is 0.895. The summed E-state index contributed by atoms with van der Waals surface area (Å²) in [5.74, 6) is -0.642. The maximum atomic E-state index is 12.6. The zero-order valence-electron chi connectivity index (χ0n) is 15.3. The molecule has 25 heavy (non-hydrogen) atoms. The van der Waals surface area contributed by atoms with Gasteiger partial charge in [0.05, 0.1) is 18.1 Å². The summed E-state index contributed by atoms with van der Waals surface area (Å²) in [7, 11) is 2.05. The molecule has 0 spiro atoms. The predicted molar refractivity (Wildman–Crippen MR) is 99.0 cm³/mol. The van der Waals surface area contributed by atoms with Gasteiger partial charge in [-0.2, -0.15) is 0 Å². The fourth-order valence-corrected chi connectivity index (χ4v) is 4.89. The Labute approximate surface area is 156 Å². The highest BCUT2D eigenvalue weighted by Crippen LogP contribution is 2.44. The molecule has 5 nitrogen and oxygen atoms in total. The van der Waals surface area contributed by atoms with Crippen molar-refractivity contribution in [2.45, 2.75) is 63.6 Å². The van der Waals surface area contributed by atoms with Crippen LogP contribution in [-0.4, -0.2) is 66.3 Å². The molecule has 0 aromatic rings. The molecule has 4 rings (SSSR count). The average Bonchev–Trinajstić information content (AvgIpc) is 3.25.